The molecule has 0 aromatic rings. The van der Waals surface area contributed by atoms with Crippen molar-refractivity contribution in [3.05, 3.63) is 0 Å². The highest BCUT2D eigenvalue weighted by molar-refractivity contribution is 5.75. The standard InChI is InChI=1S/C11H18O7/c1-5-15-4-7-9(17-5)10(18-6(2)16-7)8(12)11(13)14-3/h5-10,12H,4H2,1-3H3/t5?,6?,7-,8-,9+,10-/m0/s1. The van der Waals surface area contributed by atoms with Crippen LogP contribution in [0.1, 0.15) is 13.8 Å². The first kappa shape index (κ1) is 13.7. The van der Waals surface area contributed by atoms with Crippen molar-refractivity contribution in [1.29, 1.82) is 0 Å². The van der Waals surface area contributed by atoms with E-state index in [1.54, 1.807) is 13.8 Å². The maximum absolute atomic E-state index is 11.4. The Kier molecular flexibility index (Phi) is 4.18. The number of hydrogen-bond donors (Lipinski definition) is 1. The van der Waals surface area contributed by atoms with E-state index >= 15 is 0 Å². The zero-order valence-electron chi connectivity index (χ0n) is 10.6. The lowest BCUT2D eigenvalue weighted by molar-refractivity contribution is -0.358. The Morgan fingerprint density at radius 3 is 2.67 bits per heavy atom. The highest BCUT2D eigenvalue weighted by atomic mass is 16.8. The highest BCUT2D eigenvalue weighted by Crippen LogP contribution is 2.29. The minimum Gasteiger partial charge on any atom is -0.467 e. The van der Waals surface area contributed by atoms with Crippen molar-refractivity contribution >= 4 is 5.97 Å². The summed E-state index contributed by atoms with van der Waals surface area (Å²) in [6, 6.07) is 0. The second-order valence-electron chi connectivity index (χ2n) is 4.31. The van der Waals surface area contributed by atoms with E-state index in [-0.39, 0.29) is 6.10 Å². The smallest absolute Gasteiger partial charge is 0.337 e. The highest BCUT2D eigenvalue weighted by Gasteiger charge is 2.48. The Morgan fingerprint density at radius 1 is 1.28 bits per heavy atom. The van der Waals surface area contributed by atoms with Gasteiger partial charge in [-0.2, -0.15) is 0 Å². The van der Waals surface area contributed by atoms with Gasteiger partial charge in [0.1, 0.15) is 18.3 Å². The van der Waals surface area contributed by atoms with Gasteiger partial charge in [0.15, 0.2) is 18.7 Å². The van der Waals surface area contributed by atoms with Gasteiger partial charge in [0.25, 0.3) is 0 Å². The summed E-state index contributed by atoms with van der Waals surface area (Å²) < 4.78 is 26.3. The van der Waals surface area contributed by atoms with Crippen LogP contribution in [-0.2, 0) is 28.5 Å². The first-order valence-electron chi connectivity index (χ1n) is 5.86. The molecule has 2 saturated heterocycles. The SMILES string of the molecule is COC(=O)[C@@H](O)[C@@H]1OC(C)O[C@H]2COC(C)O[C@@H]12. The Hall–Kier alpha value is -0.730. The summed E-state index contributed by atoms with van der Waals surface area (Å²) in [6.07, 6.45) is -4.12. The van der Waals surface area contributed by atoms with Crippen molar-refractivity contribution in [1.82, 2.24) is 0 Å². The Balaban J connectivity index is 2.12. The molecule has 7 nitrogen and oxygen atoms in total. The normalized spacial score (nSPS) is 41.9. The summed E-state index contributed by atoms with van der Waals surface area (Å²) in [5.41, 5.74) is 0. The molecule has 6 atom stereocenters. The largest absolute Gasteiger partial charge is 0.467 e. The summed E-state index contributed by atoms with van der Waals surface area (Å²) in [4.78, 5) is 11.4. The fourth-order valence-corrected chi connectivity index (χ4v) is 2.17. The first-order valence-corrected chi connectivity index (χ1v) is 5.86. The van der Waals surface area contributed by atoms with E-state index in [0.29, 0.717) is 6.61 Å². The van der Waals surface area contributed by atoms with Crippen LogP contribution in [-0.4, -0.2) is 61.8 Å². The van der Waals surface area contributed by atoms with Crippen LogP contribution >= 0.6 is 0 Å². The number of hydrogen-bond acceptors (Lipinski definition) is 7. The second kappa shape index (κ2) is 5.50. The molecule has 0 aromatic carbocycles. The van der Waals surface area contributed by atoms with Crippen molar-refractivity contribution in [2.45, 2.75) is 50.8 Å². The quantitative estimate of drug-likeness (QED) is 0.666. The number of ether oxygens (including phenoxy) is 5. The average molecular weight is 262 g/mol. The molecule has 2 aliphatic rings. The number of carbonyl (C=O) groups excluding carboxylic acids is 1. The number of carbonyl (C=O) groups is 1. The van der Waals surface area contributed by atoms with Crippen LogP contribution in [0, 0.1) is 0 Å². The van der Waals surface area contributed by atoms with Gasteiger partial charge in [0.05, 0.1) is 13.7 Å². The van der Waals surface area contributed by atoms with E-state index in [0.717, 1.165) is 0 Å². The Morgan fingerprint density at radius 2 is 2.00 bits per heavy atom. The number of aliphatic hydroxyl groups excluding tert-OH is 1. The summed E-state index contributed by atoms with van der Waals surface area (Å²) >= 11 is 0. The first-order chi connectivity index (χ1) is 8.52. The minimum atomic E-state index is -1.40. The van der Waals surface area contributed by atoms with Crippen LogP contribution in [0.4, 0.5) is 0 Å². The maximum atomic E-state index is 11.4. The molecule has 0 aromatic heterocycles. The average Bonchev–Trinajstić information content (AvgIpc) is 2.36. The topological polar surface area (TPSA) is 83.5 Å². The van der Waals surface area contributed by atoms with Crippen molar-refractivity contribution in [3.63, 3.8) is 0 Å². The van der Waals surface area contributed by atoms with Crippen molar-refractivity contribution in [2.24, 2.45) is 0 Å². The lowest BCUT2D eigenvalue weighted by Crippen LogP contribution is -2.61. The number of methoxy groups -OCH3 is 1. The van der Waals surface area contributed by atoms with Gasteiger partial charge in [0, 0.05) is 0 Å². The molecule has 0 aliphatic carbocycles. The van der Waals surface area contributed by atoms with Crippen LogP contribution in [0.25, 0.3) is 0 Å². The minimum absolute atomic E-state index is 0.337. The van der Waals surface area contributed by atoms with Gasteiger partial charge >= 0.3 is 5.97 Å². The summed E-state index contributed by atoms with van der Waals surface area (Å²) in [7, 11) is 1.21. The molecule has 104 valence electrons. The van der Waals surface area contributed by atoms with Crippen LogP contribution in [0.3, 0.4) is 0 Å². The molecule has 0 spiro atoms. The molecule has 0 bridgehead atoms. The lowest BCUT2D eigenvalue weighted by atomic mass is 10.0. The number of aliphatic hydroxyl groups is 1. The van der Waals surface area contributed by atoms with Crippen molar-refractivity contribution in [3.8, 4) is 0 Å². The number of rotatable bonds is 2. The molecule has 0 saturated carbocycles. The van der Waals surface area contributed by atoms with Crippen LogP contribution in [0.5, 0.6) is 0 Å². The van der Waals surface area contributed by atoms with E-state index in [9.17, 15) is 9.90 Å². The Bertz CT molecular complexity index is 308. The number of esters is 1. The molecule has 2 unspecified atom stereocenters. The molecule has 2 rings (SSSR count). The van der Waals surface area contributed by atoms with E-state index in [1.807, 2.05) is 0 Å². The summed E-state index contributed by atoms with van der Waals surface area (Å²) in [5.74, 6) is -0.754. The molecular formula is C11H18O7. The van der Waals surface area contributed by atoms with E-state index in [4.69, 9.17) is 18.9 Å². The zero-order valence-corrected chi connectivity index (χ0v) is 10.6. The van der Waals surface area contributed by atoms with Gasteiger partial charge in [-0.1, -0.05) is 0 Å². The summed E-state index contributed by atoms with van der Waals surface area (Å²) in [6.45, 7) is 3.75. The predicted molar refractivity (Wildman–Crippen MR) is 57.5 cm³/mol. The number of fused-ring (bicyclic) bond motifs is 1. The van der Waals surface area contributed by atoms with Gasteiger partial charge in [-0.3, -0.25) is 0 Å². The molecular weight excluding hydrogens is 244 g/mol. The van der Waals surface area contributed by atoms with Gasteiger partial charge in [0.2, 0.25) is 0 Å². The fourth-order valence-electron chi connectivity index (χ4n) is 2.17. The molecule has 7 heteroatoms. The monoisotopic (exact) mass is 262 g/mol. The molecule has 2 fully saturated rings. The molecule has 2 heterocycles. The lowest BCUT2D eigenvalue weighted by Gasteiger charge is -2.45. The molecule has 0 radical (unpaired) electrons. The zero-order chi connectivity index (χ0) is 13.3. The molecule has 0 amide bonds. The van der Waals surface area contributed by atoms with Gasteiger partial charge in [-0.25, -0.2) is 4.79 Å². The predicted octanol–water partition coefficient (Wildman–Crippen LogP) is -0.588. The van der Waals surface area contributed by atoms with E-state index < -0.39 is 36.9 Å². The van der Waals surface area contributed by atoms with Gasteiger partial charge < -0.3 is 28.8 Å². The van der Waals surface area contributed by atoms with E-state index in [2.05, 4.69) is 4.74 Å². The van der Waals surface area contributed by atoms with Crippen LogP contribution in [0.2, 0.25) is 0 Å². The third-order valence-corrected chi connectivity index (χ3v) is 3.00. The molecule has 18 heavy (non-hydrogen) atoms. The molecule has 1 N–H and O–H groups in total. The Labute approximate surface area is 105 Å². The van der Waals surface area contributed by atoms with Crippen LogP contribution < -0.4 is 0 Å². The van der Waals surface area contributed by atoms with Gasteiger partial charge in [-0.15, -0.1) is 0 Å². The van der Waals surface area contributed by atoms with Crippen LogP contribution in [0.15, 0.2) is 0 Å². The van der Waals surface area contributed by atoms with E-state index in [1.165, 1.54) is 7.11 Å². The third-order valence-electron chi connectivity index (χ3n) is 3.00. The van der Waals surface area contributed by atoms with Crippen molar-refractivity contribution in [2.75, 3.05) is 13.7 Å². The summed E-state index contributed by atoms with van der Waals surface area (Å²) in [5, 5.41) is 9.91. The van der Waals surface area contributed by atoms with Gasteiger partial charge in [-0.05, 0) is 13.8 Å². The second-order valence-corrected chi connectivity index (χ2v) is 4.31. The molecule has 2 aliphatic heterocycles. The van der Waals surface area contributed by atoms with Crippen molar-refractivity contribution < 1.29 is 33.6 Å². The fraction of sp³-hybridized carbons (Fsp3) is 0.909. The third kappa shape index (κ3) is 2.65. The maximum Gasteiger partial charge on any atom is 0.337 e.